The van der Waals surface area contributed by atoms with E-state index in [0.29, 0.717) is 5.76 Å². The molecule has 0 bridgehead atoms. The quantitative estimate of drug-likeness (QED) is 0.630. The van der Waals surface area contributed by atoms with Crippen LogP contribution in [0.4, 0.5) is 0 Å². The molecule has 29 heavy (non-hydrogen) atoms. The Labute approximate surface area is 170 Å². The molecular formula is C21H26BN3O4. The maximum absolute atomic E-state index is 6.24. The summed E-state index contributed by atoms with van der Waals surface area (Å²) in [4.78, 5) is 4.07. The molecule has 2 fully saturated rings. The molecule has 2 saturated heterocycles. The fourth-order valence-electron chi connectivity index (χ4n) is 3.94. The van der Waals surface area contributed by atoms with E-state index in [1.807, 2.05) is 4.68 Å². The van der Waals surface area contributed by atoms with Crippen LogP contribution in [0.3, 0.4) is 0 Å². The highest BCUT2D eigenvalue weighted by Crippen LogP contribution is 2.37. The van der Waals surface area contributed by atoms with E-state index in [2.05, 4.69) is 50.9 Å². The number of ether oxygens (including phenoxy) is 1. The Bertz CT molecular complexity index is 1010. The van der Waals surface area contributed by atoms with Crippen molar-refractivity contribution < 1.29 is 18.5 Å². The molecule has 152 valence electrons. The highest BCUT2D eigenvalue weighted by atomic mass is 16.7. The van der Waals surface area contributed by atoms with Crippen LogP contribution in [0.5, 0.6) is 0 Å². The van der Waals surface area contributed by atoms with Crippen molar-refractivity contribution >= 4 is 23.5 Å². The van der Waals surface area contributed by atoms with E-state index in [1.165, 1.54) is 6.39 Å². The average Bonchev–Trinajstić information content (AvgIpc) is 3.39. The third-order valence-corrected chi connectivity index (χ3v) is 6.35. The lowest BCUT2D eigenvalue weighted by molar-refractivity contribution is -0.0365. The first-order chi connectivity index (χ1) is 13.9. The van der Waals surface area contributed by atoms with Gasteiger partial charge in [-0.2, -0.15) is 5.10 Å². The van der Waals surface area contributed by atoms with Gasteiger partial charge in [-0.3, -0.25) is 0 Å². The predicted octanol–water partition coefficient (Wildman–Crippen LogP) is 3.69. The molecule has 2 aliphatic heterocycles. The van der Waals surface area contributed by atoms with Gasteiger partial charge in [0, 0.05) is 12.0 Å². The van der Waals surface area contributed by atoms with E-state index in [1.54, 1.807) is 6.20 Å². The first-order valence-electron chi connectivity index (χ1n) is 10.2. The molecule has 3 aromatic rings. The normalized spacial score (nSPS) is 23.7. The summed E-state index contributed by atoms with van der Waals surface area (Å²) in [7, 11) is -0.429. The Morgan fingerprint density at radius 2 is 1.90 bits per heavy atom. The molecule has 0 amide bonds. The van der Waals surface area contributed by atoms with E-state index < -0.39 is 7.12 Å². The van der Waals surface area contributed by atoms with Gasteiger partial charge < -0.3 is 18.5 Å². The van der Waals surface area contributed by atoms with Gasteiger partial charge in [0.25, 0.3) is 0 Å². The van der Waals surface area contributed by atoms with Crippen LogP contribution in [0.15, 0.2) is 35.2 Å². The van der Waals surface area contributed by atoms with E-state index in [9.17, 15) is 0 Å². The van der Waals surface area contributed by atoms with Gasteiger partial charge in [0.1, 0.15) is 5.69 Å². The highest BCUT2D eigenvalue weighted by Gasteiger charge is 2.51. The standard InChI is InChI=1S/C21H26BN3O4/c1-20(2)21(3,4)29-22(28-20)14-8-9-16-15(11-14)19(17-12-23-13-27-17)24-25(16)18-7-5-6-10-26-18/h8-9,11-13,18H,5-7,10H2,1-4H3. The zero-order valence-corrected chi connectivity index (χ0v) is 17.3. The number of rotatable bonds is 3. The Morgan fingerprint density at radius 3 is 2.55 bits per heavy atom. The molecule has 0 N–H and O–H groups in total. The smallest absolute Gasteiger partial charge is 0.442 e. The Morgan fingerprint density at radius 1 is 1.10 bits per heavy atom. The van der Waals surface area contributed by atoms with Crippen molar-refractivity contribution in [2.24, 2.45) is 0 Å². The molecular weight excluding hydrogens is 369 g/mol. The molecule has 0 saturated carbocycles. The summed E-state index contributed by atoms with van der Waals surface area (Å²) in [6.07, 6.45) is 6.23. The fraction of sp³-hybridized carbons (Fsp3) is 0.524. The molecule has 5 rings (SSSR count). The zero-order valence-electron chi connectivity index (χ0n) is 17.3. The summed E-state index contributed by atoms with van der Waals surface area (Å²) in [6, 6.07) is 6.21. The molecule has 8 heteroatoms. The minimum Gasteiger partial charge on any atom is -0.442 e. The molecule has 1 aromatic carbocycles. The molecule has 0 spiro atoms. The van der Waals surface area contributed by atoms with Crippen molar-refractivity contribution in [3.63, 3.8) is 0 Å². The summed E-state index contributed by atoms with van der Waals surface area (Å²) in [5.41, 5.74) is 1.94. The van der Waals surface area contributed by atoms with Crippen LogP contribution < -0.4 is 5.46 Å². The SMILES string of the molecule is CC1(C)OB(c2ccc3c(c2)c(-c2cnco2)nn3C2CCCCO2)OC1(C)C. The van der Waals surface area contributed by atoms with Crippen molar-refractivity contribution in [1.29, 1.82) is 0 Å². The van der Waals surface area contributed by atoms with Gasteiger partial charge >= 0.3 is 7.12 Å². The molecule has 2 aliphatic rings. The number of oxazole rings is 1. The van der Waals surface area contributed by atoms with E-state index in [-0.39, 0.29) is 17.4 Å². The molecule has 4 heterocycles. The first kappa shape index (κ1) is 18.8. The van der Waals surface area contributed by atoms with Crippen LogP contribution in [0.25, 0.3) is 22.4 Å². The van der Waals surface area contributed by atoms with E-state index in [4.69, 9.17) is 23.6 Å². The maximum atomic E-state index is 6.24. The maximum Gasteiger partial charge on any atom is 0.494 e. The number of aromatic nitrogens is 3. The summed E-state index contributed by atoms with van der Waals surface area (Å²) >= 11 is 0. The second-order valence-electron chi connectivity index (χ2n) is 8.84. The zero-order chi connectivity index (χ0) is 20.2. The topological polar surface area (TPSA) is 71.5 Å². The van der Waals surface area contributed by atoms with Gasteiger partial charge in [0.05, 0.1) is 22.9 Å². The third-order valence-electron chi connectivity index (χ3n) is 6.35. The van der Waals surface area contributed by atoms with Crippen LogP contribution in [0.2, 0.25) is 0 Å². The fourth-order valence-corrected chi connectivity index (χ4v) is 3.94. The summed E-state index contributed by atoms with van der Waals surface area (Å²) in [6.45, 7) is 9.00. The van der Waals surface area contributed by atoms with Gasteiger partial charge in [0.15, 0.2) is 18.4 Å². The van der Waals surface area contributed by atoms with Gasteiger partial charge in [0.2, 0.25) is 0 Å². The minimum absolute atomic E-state index is 0.0642. The van der Waals surface area contributed by atoms with Gasteiger partial charge in [-0.15, -0.1) is 0 Å². The number of hydrogen-bond donors (Lipinski definition) is 0. The van der Waals surface area contributed by atoms with Crippen LogP contribution in [0, 0.1) is 0 Å². The van der Waals surface area contributed by atoms with Crippen LogP contribution in [0.1, 0.15) is 53.2 Å². The largest absolute Gasteiger partial charge is 0.494 e. The van der Waals surface area contributed by atoms with Gasteiger partial charge in [-0.05, 0) is 58.5 Å². The van der Waals surface area contributed by atoms with Crippen LogP contribution >= 0.6 is 0 Å². The Kier molecular flexibility index (Phi) is 4.35. The third kappa shape index (κ3) is 3.10. The van der Waals surface area contributed by atoms with Gasteiger partial charge in [-0.1, -0.05) is 12.1 Å². The molecule has 1 unspecified atom stereocenters. The van der Waals surface area contributed by atoms with Crippen LogP contribution in [-0.2, 0) is 14.0 Å². The molecule has 0 aliphatic carbocycles. The van der Waals surface area contributed by atoms with Crippen molar-refractivity contribution in [3.8, 4) is 11.5 Å². The van der Waals surface area contributed by atoms with E-state index >= 15 is 0 Å². The van der Waals surface area contributed by atoms with Gasteiger partial charge in [-0.25, -0.2) is 9.67 Å². The highest BCUT2D eigenvalue weighted by molar-refractivity contribution is 6.62. The average molecular weight is 395 g/mol. The Hall–Kier alpha value is -2.16. The van der Waals surface area contributed by atoms with E-state index in [0.717, 1.165) is 47.9 Å². The predicted molar refractivity (Wildman–Crippen MR) is 110 cm³/mol. The molecule has 0 radical (unpaired) electrons. The van der Waals surface area contributed by atoms with Crippen molar-refractivity contribution in [3.05, 3.63) is 30.8 Å². The second kappa shape index (κ2) is 6.69. The van der Waals surface area contributed by atoms with Crippen LogP contribution in [-0.4, -0.2) is 39.7 Å². The second-order valence-corrected chi connectivity index (χ2v) is 8.84. The monoisotopic (exact) mass is 395 g/mol. The number of fused-ring (bicyclic) bond motifs is 1. The lowest BCUT2D eigenvalue weighted by Gasteiger charge is -2.32. The summed E-state index contributed by atoms with van der Waals surface area (Å²) in [5, 5.41) is 5.83. The number of nitrogens with zero attached hydrogens (tertiary/aromatic N) is 3. The minimum atomic E-state index is -0.429. The summed E-state index contributed by atoms with van der Waals surface area (Å²) < 4.78 is 26.0. The molecule has 2 aromatic heterocycles. The lowest BCUT2D eigenvalue weighted by atomic mass is 9.78. The number of hydrogen-bond acceptors (Lipinski definition) is 6. The molecule has 1 atom stereocenters. The number of benzene rings is 1. The first-order valence-corrected chi connectivity index (χ1v) is 10.2. The summed E-state index contributed by atoms with van der Waals surface area (Å²) in [5.74, 6) is 0.635. The molecule has 7 nitrogen and oxygen atoms in total. The van der Waals surface area contributed by atoms with Crippen molar-refractivity contribution in [2.45, 2.75) is 64.4 Å². The lowest BCUT2D eigenvalue weighted by Crippen LogP contribution is -2.41. The Balaban J connectivity index is 1.60. The van der Waals surface area contributed by atoms with Crippen molar-refractivity contribution in [1.82, 2.24) is 14.8 Å². The van der Waals surface area contributed by atoms with Crippen molar-refractivity contribution in [2.75, 3.05) is 6.61 Å².